The van der Waals surface area contributed by atoms with Crippen LogP contribution in [-0.2, 0) is 4.79 Å². The highest BCUT2D eigenvalue weighted by molar-refractivity contribution is 7.08. The maximum atomic E-state index is 12.1. The molecule has 2 aliphatic rings. The molecule has 3 aromatic rings. The predicted octanol–water partition coefficient (Wildman–Crippen LogP) is 4.59. The minimum absolute atomic E-state index is 0.348. The quantitative estimate of drug-likeness (QED) is 0.636. The lowest BCUT2D eigenvalue weighted by Gasteiger charge is -2.37. The smallest absolute Gasteiger partial charge is 0.222 e. The van der Waals surface area contributed by atoms with Crippen molar-refractivity contribution in [2.24, 2.45) is 5.92 Å². The summed E-state index contributed by atoms with van der Waals surface area (Å²) in [5.41, 5.74) is 2.08. The summed E-state index contributed by atoms with van der Waals surface area (Å²) in [5, 5.41) is 5.30. The van der Waals surface area contributed by atoms with Gasteiger partial charge in [0.2, 0.25) is 5.91 Å². The zero-order valence-corrected chi connectivity index (χ0v) is 17.4. The van der Waals surface area contributed by atoms with E-state index in [2.05, 4.69) is 44.8 Å². The van der Waals surface area contributed by atoms with E-state index in [1.165, 1.54) is 0 Å². The lowest BCUT2D eigenvalue weighted by molar-refractivity contribution is -0.134. The topological polar surface area (TPSA) is 49.3 Å². The van der Waals surface area contributed by atoms with Crippen molar-refractivity contribution < 1.29 is 4.79 Å². The van der Waals surface area contributed by atoms with Crippen LogP contribution in [0.4, 0.5) is 5.82 Å². The second kappa shape index (κ2) is 8.11. The fourth-order valence-corrected chi connectivity index (χ4v) is 5.15. The molecule has 5 rings (SSSR count). The first-order valence-corrected chi connectivity index (χ1v) is 11.5. The number of fused-ring (bicyclic) bond motifs is 1. The van der Waals surface area contributed by atoms with Crippen molar-refractivity contribution in [1.82, 2.24) is 14.9 Å². The van der Waals surface area contributed by atoms with E-state index in [0.29, 0.717) is 11.8 Å². The van der Waals surface area contributed by atoms with Gasteiger partial charge in [-0.3, -0.25) is 4.79 Å². The molecule has 150 valence electrons. The first-order valence-electron chi connectivity index (χ1n) is 10.6. The standard InChI is InChI=1S/C23H26N4OS/c28-21-7-3-4-11-27(21)15-17-8-12-26(13-9-17)23-19-5-1-2-6-20(19)24-22(25-23)18-10-14-29-16-18/h1-2,5-6,10,14,16-17H,3-4,7-9,11-13,15H2. The number of para-hydroxylation sites is 1. The molecule has 29 heavy (non-hydrogen) atoms. The first kappa shape index (κ1) is 18.6. The monoisotopic (exact) mass is 406 g/mol. The molecule has 0 N–H and O–H groups in total. The Kier molecular flexibility index (Phi) is 5.19. The summed E-state index contributed by atoms with van der Waals surface area (Å²) >= 11 is 1.67. The minimum Gasteiger partial charge on any atom is -0.356 e. The number of hydrogen-bond donors (Lipinski definition) is 0. The molecule has 0 bridgehead atoms. The third-order valence-corrected chi connectivity index (χ3v) is 6.86. The fraction of sp³-hybridized carbons (Fsp3) is 0.435. The molecule has 0 saturated carbocycles. The van der Waals surface area contributed by atoms with Crippen LogP contribution in [0.2, 0.25) is 0 Å². The molecule has 0 radical (unpaired) electrons. The largest absolute Gasteiger partial charge is 0.356 e. The number of hydrogen-bond acceptors (Lipinski definition) is 5. The van der Waals surface area contributed by atoms with E-state index in [0.717, 1.165) is 86.4 Å². The van der Waals surface area contributed by atoms with Gasteiger partial charge in [0.05, 0.1) is 5.52 Å². The van der Waals surface area contributed by atoms with Gasteiger partial charge in [0.1, 0.15) is 5.82 Å². The Bertz CT molecular complexity index is 995. The highest BCUT2D eigenvalue weighted by Crippen LogP contribution is 2.31. The molecule has 5 nitrogen and oxygen atoms in total. The molecule has 1 amide bonds. The van der Waals surface area contributed by atoms with Crippen molar-refractivity contribution in [3.8, 4) is 11.4 Å². The Morgan fingerprint density at radius 3 is 2.69 bits per heavy atom. The van der Waals surface area contributed by atoms with Crippen molar-refractivity contribution >= 4 is 34.0 Å². The first-order chi connectivity index (χ1) is 14.3. The van der Waals surface area contributed by atoms with Crippen molar-refractivity contribution in [3.05, 3.63) is 41.1 Å². The molecule has 2 aliphatic heterocycles. The number of piperidine rings is 2. The van der Waals surface area contributed by atoms with Gasteiger partial charge in [-0.1, -0.05) is 12.1 Å². The van der Waals surface area contributed by atoms with Crippen LogP contribution in [0.1, 0.15) is 32.1 Å². The Morgan fingerprint density at radius 1 is 1.03 bits per heavy atom. The number of thiophene rings is 1. The molecule has 0 atom stereocenters. The van der Waals surface area contributed by atoms with Crippen LogP contribution in [0.5, 0.6) is 0 Å². The highest BCUT2D eigenvalue weighted by atomic mass is 32.1. The van der Waals surface area contributed by atoms with Crippen molar-refractivity contribution in [2.75, 3.05) is 31.1 Å². The Hall–Kier alpha value is -2.47. The number of benzene rings is 1. The summed E-state index contributed by atoms with van der Waals surface area (Å²) in [5.74, 6) is 2.80. The molecule has 0 unspecified atom stereocenters. The number of anilines is 1. The van der Waals surface area contributed by atoms with Gasteiger partial charge in [0.15, 0.2) is 5.82 Å². The third-order valence-electron chi connectivity index (χ3n) is 6.18. The summed E-state index contributed by atoms with van der Waals surface area (Å²) < 4.78 is 0. The summed E-state index contributed by atoms with van der Waals surface area (Å²) in [6.07, 6.45) is 5.16. The van der Waals surface area contributed by atoms with Crippen LogP contribution in [0.15, 0.2) is 41.1 Å². The van der Waals surface area contributed by atoms with Crippen LogP contribution >= 0.6 is 11.3 Å². The molecular formula is C23H26N4OS. The summed E-state index contributed by atoms with van der Waals surface area (Å²) in [7, 11) is 0. The summed E-state index contributed by atoms with van der Waals surface area (Å²) in [6, 6.07) is 10.4. The molecule has 0 aliphatic carbocycles. The molecule has 6 heteroatoms. The van der Waals surface area contributed by atoms with Gasteiger partial charge in [-0.15, -0.1) is 0 Å². The minimum atomic E-state index is 0.348. The molecule has 4 heterocycles. The average Bonchev–Trinajstić information content (AvgIpc) is 3.30. The summed E-state index contributed by atoms with van der Waals surface area (Å²) in [4.78, 5) is 26.4. The van der Waals surface area contributed by atoms with Gasteiger partial charge in [-0.2, -0.15) is 11.3 Å². The SMILES string of the molecule is O=C1CCCCN1CC1CCN(c2nc(-c3ccsc3)nc3ccccc23)CC1. The van der Waals surface area contributed by atoms with Crippen LogP contribution in [0.3, 0.4) is 0 Å². The van der Waals surface area contributed by atoms with Gasteiger partial charge < -0.3 is 9.80 Å². The number of aromatic nitrogens is 2. The van der Waals surface area contributed by atoms with Gasteiger partial charge in [-0.05, 0) is 55.2 Å². The van der Waals surface area contributed by atoms with E-state index in [1.807, 2.05) is 6.07 Å². The van der Waals surface area contributed by atoms with E-state index in [9.17, 15) is 4.79 Å². The summed E-state index contributed by atoms with van der Waals surface area (Å²) in [6.45, 7) is 3.84. The number of rotatable bonds is 4. The Labute approximate surface area is 175 Å². The van der Waals surface area contributed by atoms with E-state index in [1.54, 1.807) is 11.3 Å². The van der Waals surface area contributed by atoms with Gasteiger partial charge in [0.25, 0.3) is 0 Å². The van der Waals surface area contributed by atoms with E-state index >= 15 is 0 Å². The normalized spacial score (nSPS) is 18.6. The maximum absolute atomic E-state index is 12.1. The van der Waals surface area contributed by atoms with E-state index < -0.39 is 0 Å². The highest BCUT2D eigenvalue weighted by Gasteiger charge is 2.26. The van der Waals surface area contributed by atoms with Crippen molar-refractivity contribution in [1.29, 1.82) is 0 Å². The zero-order chi connectivity index (χ0) is 19.6. The van der Waals surface area contributed by atoms with E-state index in [-0.39, 0.29) is 0 Å². The lowest BCUT2D eigenvalue weighted by atomic mass is 9.95. The number of amides is 1. The molecule has 2 fully saturated rings. The van der Waals surface area contributed by atoms with Crippen LogP contribution < -0.4 is 4.90 Å². The third kappa shape index (κ3) is 3.86. The number of nitrogens with zero attached hydrogens (tertiary/aromatic N) is 4. The molecule has 2 aromatic heterocycles. The van der Waals surface area contributed by atoms with Crippen LogP contribution in [0, 0.1) is 5.92 Å². The molecule has 2 saturated heterocycles. The Balaban J connectivity index is 1.35. The maximum Gasteiger partial charge on any atom is 0.222 e. The van der Waals surface area contributed by atoms with Crippen LogP contribution in [0.25, 0.3) is 22.3 Å². The number of likely N-dealkylation sites (tertiary alicyclic amines) is 1. The number of carbonyl (C=O) groups is 1. The molecule has 1 aromatic carbocycles. The van der Waals surface area contributed by atoms with Crippen LogP contribution in [-0.4, -0.2) is 47.0 Å². The lowest BCUT2D eigenvalue weighted by Crippen LogP contribution is -2.43. The Morgan fingerprint density at radius 2 is 1.90 bits per heavy atom. The second-order valence-electron chi connectivity index (χ2n) is 8.13. The van der Waals surface area contributed by atoms with E-state index in [4.69, 9.17) is 9.97 Å². The van der Waals surface area contributed by atoms with Crippen molar-refractivity contribution in [3.63, 3.8) is 0 Å². The van der Waals surface area contributed by atoms with Crippen molar-refractivity contribution in [2.45, 2.75) is 32.1 Å². The average molecular weight is 407 g/mol. The second-order valence-corrected chi connectivity index (χ2v) is 8.91. The molecular weight excluding hydrogens is 380 g/mol. The van der Waals surface area contributed by atoms with Gasteiger partial charge >= 0.3 is 0 Å². The van der Waals surface area contributed by atoms with Gasteiger partial charge in [0, 0.05) is 48.9 Å². The van der Waals surface area contributed by atoms with Gasteiger partial charge in [-0.25, -0.2) is 9.97 Å². The fourth-order valence-electron chi connectivity index (χ4n) is 4.52. The zero-order valence-electron chi connectivity index (χ0n) is 16.6. The number of carbonyl (C=O) groups excluding carboxylic acids is 1. The predicted molar refractivity (Wildman–Crippen MR) is 118 cm³/mol. The molecule has 0 spiro atoms.